The van der Waals surface area contributed by atoms with Gasteiger partial charge < -0.3 is 4.90 Å². The van der Waals surface area contributed by atoms with Crippen LogP contribution in [0.5, 0.6) is 0 Å². The summed E-state index contributed by atoms with van der Waals surface area (Å²) in [5, 5.41) is -1.49. The average molecular weight is 903 g/mol. The molecule has 11 aromatic rings. The Hall–Kier alpha value is -8.52. The lowest BCUT2D eigenvalue weighted by molar-refractivity contribution is 0.660. The van der Waals surface area contributed by atoms with E-state index in [9.17, 15) is 17.8 Å². The van der Waals surface area contributed by atoms with Crippen molar-refractivity contribution >= 4 is 27.8 Å². The van der Waals surface area contributed by atoms with Crippen molar-refractivity contribution in [2.75, 3.05) is 4.90 Å². The van der Waals surface area contributed by atoms with E-state index >= 15 is 0 Å². The van der Waals surface area contributed by atoms with Crippen LogP contribution in [0.15, 0.2) is 260 Å². The Morgan fingerprint density at radius 1 is 0.377 bits per heavy atom. The van der Waals surface area contributed by atoms with Crippen LogP contribution in [-0.4, -0.2) is 0 Å². The molecule has 0 atom stereocenters. The fourth-order valence-electron chi connectivity index (χ4n) is 10.4. The minimum atomic E-state index is -3.88. The molecule has 0 N–H and O–H groups in total. The Bertz CT molecular complexity index is 4900. The van der Waals surface area contributed by atoms with E-state index in [2.05, 4.69) is 6.07 Å². The standard InChI is InChI=1S/C68H49N/c1-67(2)60-33-17-15-31-58(60)66-59(32-20-35-62(66)67)65-54-29-13-12-23-47(54)39-43-55(65)48-37-40-51(41-38-48)69(64-36-19-16-28-53(64)46-21-6-3-7-22-46)52-42-44-57-56-30-14-18-34-61(56)68(63(57)45-52,49-24-8-4-9-25-49)50-26-10-5-11-27-50/h3-45H,1-2H3/i1D3,2D3,12D,13D,15D,17D,20D,23D,29D,31D,32D,33D,35D,37D,38D,39D,40D,41D,43D. The molecule has 0 unspecified atom stereocenters. The minimum Gasteiger partial charge on any atom is -0.310 e. The van der Waals surface area contributed by atoms with E-state index in [0.29, 0.717) is 22.5 Å². The Morgan fingerprint density at radius 2 is 1.00 bits per heavy atom. The number of rotatable bonds is 8. The lowest BCUT2D eigenvalue weighted by atomic mass is 9.67. The van der Waals surface area contributed by atoms with Gasteiger partial charge in [-0.2, -0.15) is 0 Å². The van der Waals surface area contributed by atoms with Gasteiger partial charge in [0.1, 0.15) is 0 Å². The summed E-state index contributed by atoms with van der Waals surface area (Å²) in [6.07, 6.45) is 0. The quantitative estimate of drug-likeness (QED) is 0.147. The maximum absolute atomic E-state index is 10.4. The highest BCUT2D eigenvalue weighted by atomic mass is 15.1. The smallest absolute Gasteiger partial charge is 0.0714 e. The van der Waals surface area contributed by atoms with Crippen LogP contribution >= 0.6 is 0 Å². The van der Waals surface area contributed by atoms with Gasteiger partial charge in [-0.3, -0.25) is 0 Å². The first-order chi connectivity index (χ1) is 43.6. The molecule has 11 aromatic carbocycles. The van der Waals surface area contributed by atoms with Gasteiger partial charge in [-0.25, -0.2) is 0 Å². The van der Waals surface area contributed by atoms with Gasteiger partial charge in [-0.05, 0) is 125 Å². The van der Waals surface area contributed by atoms with Crippen LogP contribution < -0.4 is 4.90 Å². The normalized spacial score (nSPS) is 18.7. The summed E-state index contributed by atoms with van der Waals surface area (Å²) < 4.78 is 217. The second-order valence-corrected chi connectivity index (χ2v) is 16.9. The molecule has 69 heavy (non-hydrogen) atoms. The number of benzene rings is 11. The molecule has 0 aliphatic heterocycles. The molecule has 0 radical (unpaired) electrons. The van der Waals surface area contributed by atoms with Gasteiger partial charge in [0, 0.05) is 30.6 Å². The Labute approximate surface area is 437 Å². The van der Waals surface area contributed by atoms with Gasteiger partial charge >= 0.3 is 0 Å². The zero-order valence-electron chi connectivity index (χ0n) is 59.5. The number of hydrogen-bond donors (Lipinski definition) is 0. The van der Waals surface area contributed by atoms with Gasteiger partial charge in [-0.1, -0.05) is 244 Å². The predicted octanol–water partition coefficient (Wildman–Crippen LogP) is 18.0. The molecule has 0 heterocycles. The molecular formula is C68H49N. The summed E-state index contributed by atoms with van der Waals surface area (Å²) in [5.41, 5.74) is -4.91. The molecule has 0 bridgehead atoms. The van der Waals surface area contributed by atoms with E-state index in [-0.39, 0.29) is 5.69 Å². The molecule has 2 aliphatic rings. The topological polar surface area (TPSA) is 3.24 Å². The second kappa shape index (κ2) is 16.1. The van der Waals surface area contributed by atoms with Crippen molar-refractivity contribution in [3.63, 3.8) is 0 Å². The molecule has 0 saturated heterocycles. The van der Waals surface area contributed by atoms with Gasteiger partial charge in [0.25, 0.3) is 0 Å². The van der Waals surface area contributed by atoms with E-state index in [0.717, 1.165) is 33.4 Å². The zero-order valence-corrected chi connectivity index (χ0v) is 36.5. The lowest BCUT2D eigenvalue weighted by Crippen LogP contribution is -2.28. The summed E-state index contributed by atoms with van der Waals surface area (Å²) in [6, 6.07) is 32.8. The van der Waals surface area contributed by atoms with Crippen LogP contribution in [0, 0.1) is 0 Å². The highest BCUT2D eigenvalue weighted by Gasteiger charge is 2.46. The fourth-order valence-corrected chi connectivity index (χ4v) is 10.4. The number of anilines is 3. The molecule has 0 spiro atoms. The highest BCUT2D eigenvalue weighted by Crippen LogP contribution is 2.58. The Morgan fingerprint density at radius 3 is 1.77 bits per heavy atom. The Kier molecular flexibility index (Phi) is 5.47. The minimum absolute atomic E-state index is 0.352. The van der Waals surface area contributed by atoms with Crippen LogP contribution in [0.25, 0.3) is 66.4 Å². The molecule has 0 fully saturated rings. The van der Waals surface area contributed by atoms with E-state index in [1.54, 1.807) is 23.1 Å². The Balaban J connectivity index is 1.19. The van der Waals surface area contributed by atoms with Crippen LogP contribution in [0.3, 0.4) is 0 Å². The maximum Gasteiger partial charge on any atom is 0.0714 e. The predicted molar refractivity (Wildman–Crippen MR) is 290 cm³/mol. The van der Waals surface area contributed by atoms with Crippen LogP contribution in [0.2, 0.25) is 0 Å². The summed E-state index contributed by atoms with van der Waals surface area (Å²) in [6.45, 7) is -7.76. The van der Waals surface area contributed by atoms with Crippen molar-refractivity contribution in [1.82, 2.24) is 0 Å². The molecule has 0 amide bonds. The third kappa shape index (κ3) is 6.24. The van der Waals surface area contributed by atoms with Crippen molar-refractivity contribution in [1.29, 1.82) is 0 Å². The summed E-state index contributed by atoms with van der Waals surface area (Å²) in [7, 11) is 0. The summed E-state index contributed by atoms with van der Waals surface area (Å²) >= 11 is 0. The monoisotopic (exact) mass is 903 g/mol. The molecule has 1 nitrogen and oxygen atoms in total. The molecule has 326 valence electrons. The van der Waals surface area contributed by atoms with Crippen molar-refractivity contribution in [2.24, 2.45) is 0 Å². The first-order valence-corrected chi connectivity index (χ1v) is 22.3. The molecule has 0 aromatic heterocycles. The SMILES string of the molecule is [2H]c1c([2H])c([2H])c2c(c1[2H])-c1c(-c3c(-c4c([2H])c([2H])c(N(c5ccc6c(c5)C(c5ccccc5)(c5ccccc5)c5ccccc5-6)c5ccccc5-c5ccccc5)c([2H])c4[2H])c([2H])c([2H])c4c([2H])c([2H])c([2H])c([2H])c34)c([2H])c([2H])c([2H])c1C2(C([2H])([2H])[2H])C([2H])([2H])[2H]. The average Bonchev–Trinajstić information content (AvgIpc) is 1.47. The van der Waals surface area contributed by atoms with Crippen LogP contribution in [-0.2, 0) is 10.8 Å². The second-order valence-electron chi connectivity index (χ2n) is 16.9. The van der Waals surface area contributed by atoms with Gasteiger partial charge in [-0.15, -0.1) is 0 Å². The van der Waals surface area contributed by atoms with E-state index in [4.69, 9.17) is 13.7 Å². The van der Waals surface area contributed by atoms with Gasteiger partial charge in [0.15, 0.2) is 0 Å². The third-order valence-electron chi connectivity index (χ3n) is 13.3. The number of fused-ring (bicyclic) bond motifs is 7. The van der Waals surface area contributed by atoms with Crippen LogP contribution in [0.1, 0.15) is 78.6 Å². The molecular weight excluding hydrogens is 831 g/mol. The maximum atomic E-state index is 10.4. The highest BCUT2D eigenvalue weighted by molar-refractivity contribution is 6.09. The molecule has 13 rings (SSSR count). The van der Waals surface area contributed by atoms with Crippen molar-refractivity contribution < 1.29 is 31.5 Å². The summed E-state index contributed by atoms with van der Waals surface area (Å²) in [5.74, 6) is 0. The van der Waals surface area contributed by atoms with Crippen LogP contribution in [0.4, 0.5) is 17.1 Å². The number of nitrogens with zero attached hydrogens (tertiary/aromatic N) is 1. The molecule has 1 heteroatoms. The van der Waals surface area contributed by atoms with Gasteiger partial charge in [0.05, 0.1) is 34.4 Å². The largest absolute Gasteiger partial charge is 0.310 e. The number of para-hydroxylation sites is 1. The first-order valence-electron chi connectivity index (χ1n) is 33.8. The third-order valence-corrected chi connectivity index (χ3v) is 13.3. The first kappa shape index (κ1) is 23.5. The van der Waals surface area contributed by atoms with Crippen molar-refractivity contribution in [3.05, 3.63) is 294 Å². The van der Waals surface area contributed by atoms with E-state index in [1.807, 2.05) is 133 Å². The zero-order chi connectivity index (χ0) is 65.9. The molecule has 2 aliphatic carbocycles. The summed E-state index contributed by atoms with van der Waals surface area (Å²) in [4.78, 5) is 1.59. The fraction of sp³-hybridized carbons (Fsp3) is 0.0588. The number of hydrogen-bond acceptors (Lipinski definition) is 1. The lowest BCUT2D eigenvalue weighted by Gasteiger charge is -2.35. The van der Waals surface area contributed by atoms with E-state index < -0.39 is 183 Å². The van der Waals surface area contributed by atoms with Crippen molar-refractivity contribution in [3.8, 4) is 55.6 Å². The molecule has 0 saturated carbocycles. The van der Waals surface area contributed by atoms with Crippen molar-refractivity contribution in [2.45, 2.75) is 24.5 Å². The van der Waals surface area contributed by atoms with Gasteiger partial charge in [0.2, 0.25) is 0 Å². The van der Waals surface area contributed by atoms with E-state index in [1.165, 1.54) is 0 Å².